The first-order chi connectivity index (χ1) is 22.4. The lowest BCUT2D eigenvalue weighted by molar-refractivity contribution is 0.0683. The number of para-hydroxylation sites is 1. The molecule has 1 amide bonds. The van der Waals surface area contributed by atoms with E-state index in [1.54, 1.807) is 5.01 Å². The highest BCUT2D eigenvalue weighted by atomic mass is 16.2. The number of rotatable bonds is 6. The minimum Gasteiger partial charge on any atom is -0.378 e. The van der Waals surface area contributed by atoms with Crippen LogP contribution in [0.15, 0.2) is 120 Å². The Morgan fingerprint density at radius 3 is 2.15 bits per heavy atom. The maximum absolute atomic E-state index is 14.9. The Hall–Kier alpha value is -5.23. The highest BCUT2D eigenvalue weighted by molar-refractivity contribution is 6.12. The molecule has 46 heavy (non-hydrogen) atoms. The lowest BCUT2D eigenvalue weighted by Crippen LogP contribution is -2.32. The van der Waals surface area contributed by atoms with Crippen LogP contribution in [0, 0.1) is 5.92 Å². The summed E-state index contributed by atoms with van der Waals surface area (Å²) < 4.78 is 0. The molecule has 0 saturated heterocycles. The third kappa shape index (κ3) is 5.56. The number of hydrogen-bond acceptors (Lipinski definition) is 5. The summed E-state index contributed by atoms with van der Waals surface area (Å²) in [6.45, 7) is 0. The SMILES string of the molecule is CN(C)c1ccc(/C=C2/CCCC3C2=NN(C(=O)c2cc(-c4ccccc4)nc4ccccc24)C3c2ccc(N(C)C)cc2)cc1. The molecule has 1 aliphatic carbocycles. The Labute approximate surface area is 271 Å². The van der Waals surface area contributed by atoms with E-state index < -0.39 is 0 Å². The normalized spacial score (nSPS) is 18.4. The molecule has 2 aliphatic rings. The number of benzene rings is 4. The largest absolute Gasteiger partial charge is 0.378 e. The summed E-state index contributed by atoms with van der Waals surface area (Å²) in [4.78, 5) is 24.0. The third-order valence-electron chi connectivity index (χ3n) is 9.23. The second-order valence-corrected chi connectivity index (χ2v) is 12.7. The van der Waals surface area contributed by atoms with Gasteiger partial charge >= 0.3 is 0 Å². The van der Waals surface area contributed by atoms with E-state index in [1.165, 1.54) is 11.3 Å². The van der Waals surface area contributed by atoms with Gasteiger partial charge in [0.25, 0.3) is 5.91 Å². The molecule has 6 heteroatoms. The summed E-state index contributed by atoms with van der Waals surface area (Å²) in [6.07, 6.45) is 5.23. The second kappa shape index (κ2) is 12.3. The molecule has 1 saturated carbocycles. The summed E-state index contributed by atoms with van der Waals surface area (Å²) in [5.41, 5.74) is 9.94. The minimum atomic E-state index is -0.203. The monoisotopic (exact) mass is 605 g/mol. The number of aromatic nitrogens is 1. The van der Waals surface area contributed by atoms with E-state index in [1.807, 2.05) is 74.8 Å². The molecule has 2 atom stereocenters. The number of carbonyl (C=O) groups excluding carboxylic acids is 1. The molecule has 7 rings (SSSR count). The van der Waals surface area contributed by atoms with Crippen LogP contribution in [-0.4, -0.2) is 49.8 Å². The number of pyridine rings is 1. The Morgan fingerprint density at radius 2 is 1.46 bits per heavy atom. The van der Waals surface area contributed by atoms with Crippen molar-refractivity contribution >= 4 is 40.0 Å². The average Bonchev–Trinajstić information content (AvgIpc) is 3.49. The van der Waals surface area contributed by atoms with E-state index in [-0.39, 0.29) is 17.9 Å². The van der Waals surface area contributed by atoms with Crippen molar-refractivity contribution in [3.63, 3.8) is 0 Å². The summed E-state index contributed by atoms with van der Waals surface area (Å²) in [7, 11) is 8.20. The summed E-state index contributed by atoms with van der Waals surface area (Å²) in [5.74, 6) is 0.00551. The van der Waals surface area contributed by atoms with E-state index in [2.05, 4.69) is 78.5 Å². The van der Waals surface area contributed by atoms with Gasteiger partial charge in [0.2, 0.25) is 0 Å². The third-order valence-corrected chi connectivity index (χ3v) is 9.23. The summed E-state index contributed by atoms with van der Waals surface area (Å²) in [6, 6.07) is 36.9. The topological polar surface area (TPSA) is 52.0 Å². The highest BCUT2D eigenvalue weighted by Gasteiger charge is 2.44. The van der Waals surface area contributed by atoms with Gasteiger partial charge in [0.05, 0.1) is 28.5 Å². The van der Waals surface area contributed by atoms with Crippen molar-refractivity contribution < 1.29 is 4.79 Å². The maximum Gasteiger partial charge on any atom is 0.275 e. The van der Waals surface area contributed by atoms with E-state index in [4.69, 9.17) is 10.1 Å². The fourth-order valence-corrected chi connectivity index (χ4v) is 6.77. The first-order valence-corrected chi connectivity index (χ1v) is 16.0. The van der Waals surface area contributed by atoms with Crippen molar-refractivity contribution in [3.8, 4) is 11.3 Å². The van der Waals surface area contributed by atoms with E-state index in [0.29, 0.717) is 5.56 Å². The predicted octanol–water partition coefficient (Wildman–Crippen LogP) is 8.47. The predicted molar refractivity (Wildman–Crippen MR) is 190 cm³/mol. The van der Waals surface area contributed by atoms with Crippen LogP contribution >= 0.6 is 0 Å². The Bertz CT molecular complexity index is 1940. The second-order valence-electron chi connectivity index (χ2n) is 12.7. The van der Waals surface area contributed by atoms with Crippen LogP contribution in [0.25, 0.3) is 28.2 Å². The number of anilines is 2. The molecule has 2 unspecified atom stereocenters. The fraction of sp³-hybridized carbons (Fsp3) is 0.225. The van der Waals surface area contributed by atoms with Crippen molar-refractivity contribution in [2.75, 3.05) is 38.0 Å². The molecule has 0 spiro atoms. The summed E-state index contributed by atoms with van der Waals surface area (Å²) >= 11 is 0. The van der Waals surface area contributed by atoms with Crippen molar-refractivity contribution in [1.29, 1.82) is 0 Å². The number of nitrogens with zero attached hydrogens (tertiary/aromatic N) is 5. The van der Waals surface area contributed by atoms with Gasteiger partial charge in [-0.1, -0.05) is 72.8 Å². The van der Waals surface area contributed by atoms with E-state index >= 15 is 0 Å². The smallest absolute Gasteiger partial charge is 0.275 e. The number of hydrogen-bond donors (Lipinski definition) is 0. The average molecular weight is 606 g/mol. The van der Waals surface area contributed by atoms with Gasteiger partial charge < -0.3 is 9.80 Å². The molecule has 1 fully saturated rings. The van der Waals surface area contributed by atoms with Gasteiger partial charge in [-0.25, -0.2) is 9.99 Å². The van der Waals surface area contributed by atoms with Crippen LogP contribution in [0.2, 0.25) is 0 Å². The van der Waals surface area contributed by atoms with Gasteiger partial charge in [-0.3, -0.25) is 4.79 Å². The van der Waals surface area contributed by atoms with Crippen molar-refractivity contribution in [2.24, 2.45) is 11.0 Å². The highest BCUT2D eigenvalue weighted by Crippen LogP contribution is 2.45. The van der Waals surface area contributed by atoms with Gasteiger partial charge in [-0.05, 0) is 78.4 Å². The number of fused-ring (bicyclic) bond motifs is 2. The molecule has 4 aromatic carbocycles. The zero-order valence-electron chi connectivity index (χ0n) is 26.9. The molecule has 1 aliphatic heterocycles. The molecular weight excluding hydrogens is 566 g/mol. The molecule has 6 nitrogen and oxygen atoms in total. The van der Waals surface area contributed by atoms with Gasteiger partial charge in [0.1, 0.15) is 0 Å². The van der Waals surface area contributed by atoms with Gasteiger partial charge in [0, 0.05) is 56.4 Å². The Kier molecular flexibility index (Phi) is 7.87. The molecule has 230 valence electrons. The first kappa shape index (κ1) is 29.5. The first-order valence-electron chi connectivity index (χ1n) is 16.0. The molecule has 1 aromatic heterocycles. The molecule has 2 heterocycles. The standard InChI is InChI=1S/C40H39N5O/c1-43(2)31-21-17-27(18-22-31)25-30-13-10-15-34-38(30)42-45(39(34)29-19-23-32(24-20-29)44(3)4)40(46)35-26-37(28-11-6-5-7-12-28)41-36-16-9-8-14-33(35)36/h5-9,11-12,14,16-26,34,39H,10,13,15H2,1-4H3/b30-25-. The zero-order valence-corrected chi connectivity index (χ0v) is 26.9. The molecular formula is C40H39N5O. The lowest BCUT2D eigenvalue weighted by Gasteiger charge is -2.30. The Morgan fingerprint density at radius 1 is 0.804 bits per heavy atom. The number of hydrazone groups is 1. The maximum atomic E-state index is 14.9. The minimum absolute atomic E-state index is 0.103. The fourth-order valence-electron chi connectivity index (χ4n) is 6.77. The van der Waals surface area contributed by atoms with Crippen LogP contribution in [0.5, 0.6) is 0 Å². The van der Waals surface area contributed by atoms with Crippen LogP contribution in [0.4, 0.5) is 11.4 Å². The van der Waals surface area contributed by atoms with Crippen molar-refractivity contribution in [3.05, 3.63) is 131 Å². The summed E-state index contributed by atoms with van der Waals surface area (Å²) in [5, 5.41) is 7.83. The van der Waals surface area contributed by atoms with Crippen molar-refractivity contribution in [1.82, 2.24) is 9.99 Å². The number of amides is 1. The molecule has 0 N–H and O–H groups in total. The molecule has 5 aromatic rings. The van der Waals surface area contributed by atoms with E-state index in [9.17, 15) is 4.79 Å². The van der Waals surface area contributed by atoms with E-state index in [0.717, 1.165) is 63.9 Å². The number of allylic oxidation sites excluding steroid dienone is 1. The lowest BCUT2D eigenvalue weighted by atomic mass is 9.77. The van der Waals surface area contributed by atoms with Crippen LogP contribution in [0.1, 0.15) is 46.8 Å². The van der Waals surface area contributed by atoms with Crippen LogP contribution < -0.4 is 9.80 Å². The quantitative estimate of drug-likeness (QED) is 0.195. The number of carbonyl (C=O) groups is 1. The van der Waals surface area contributed by atoms with Crippen molar-refractivity contribution in [2.45, 2.75) is 25.3 Å². The molecule has 0 radical (unpaired) electrons. The van der Waals surface area contributed by atoms with Gasteiger partial charge in [-0.2, -0.15) is 5.10 Å². The zero-order chi connectivity index (χ0) is 31.8. The van der Waals surface area contributed by atoms with Crippen LogP contribution in [0.3, 0.4) is 0 Å². The van der Waals surface area contributed by atoms with Gasteiger partial charge in [0.15, 0.2) is 0 Å². The van der Waals surface area contributed by atoms with Crippen LogP contribution in [-0.2, 0) is 0 Å². The Balaban J connectivity index is 1.35. The van der Waals surface area contributed by atoms with Gasteiger partial charge in [-0.15, -0.1) is 0 Å². The molecule has 0 bridgehead atoms.